The Kier molecular flexibility index (Phi) is 6.72. The molecule has 0 aromatic heterocycles. The molecule has 3 saturated carbocycles. The van der Waals surface area contributed by atoms with Crippen LogP contribution < -0.4 is 0 Å². The van der Waals surface area contributed by atoms with Crippen molar-refractivity contribution in [1.29, 1.82) is 0 Å². The summed E-state index contributed by atoms with van der Waals surface area (Å²) in [5.41, 5.74) is 2.63. The predicted octanol–water partition coefficient (Wildman–Crippen LogP) is 5.91. The first-order valence-electron chi connectivity index (χ1n) is 14.5. The second kappa shape index (κ2) is 9.21. The summed E-state index contributed by atoms with van der Waals surface area (Å²) in [5.74, 6) is 3.78. The van der Waals surface area contributed by atoms with Crippen molar-refractivity contribution in [2.24, 2.45) is 34.5 Å². The van der Waals surface area contributed by atoms with Gasteiger partial charge in [-0.15, -0.1) is 0 Å². The number of carbonyl (C=O) groups is 1. The SMILES string of the molecule is CCCCC(OC)C(=O)N(C)[C@H]1CC[C@@]2(C)C(=CC[C@H]3[C@@H]4CC[C@@H]5[C@H](C)N(C)C[C@@]54CC[C@@H]32)C1. The smallest absolute Gasteiger partial charge is 0.251 e. The van der Waals surface area contributed by atoms with Crippen molar-refractivity contribution in [2.75, 3.05) is 27.7 Å². The van der Waals surface area contributed by atoms with Crippen LogP contribution in [0.4, 0.5) is 0 Å². The molecule has 0 bridgehead atoms. The van der Waals surface area contributed by atoms with Crippen LogP contribution in [0.25, 0.3) is 0 Å². The highest BCUT2D eigenvalue weighted by atomic mass is 16.5. The van der Waals surface area contributed by atoms with Gasteiger partial charge >= 0.3 is 0 Å². The Balaban J connectivity index is 1.31. The van der Waals surface area contributed by atoms with Gasteiger partial charge in [-0.25, -0.2) is 0 Å². The van der Waals surface area contributed by atoms with Gasteiger partial charge in [-0.2, -0.15) is 0 Å². The molecule has 5 aliphatic rings. The molecule has 1 spiro atoms. The quantitative estimate of drug-likeness (QED) is 0.452. The molecule has 0 radical (unpaired) electrons. The van der Waals surface area contributed by atoms with Crippen LogP contribution in [-0.4, -0.2) is 61.6 Å². The van der Waals surface area contributed by atoms with E-state index < -0.39 is 0 Å². The standard InChI is InChI=1S/C30H50N2O2/c1-7-8-9-27(34-6)28(33)32(5)22-14-16-29(3)21(18-22)10-11-23-25(29)15-17-30-19-31(4)20(2)24(30)12-13-26(23)30/h10,20,22-27H,7-9,11-19H2,1-6H3/t20-,22-,23+,24+,25-,26-,27?,29-,30-/m0/s1. The second-order valence-corrected chi connectivity index (χ2v) is 13.1. The topological polar surface area (TPSA) is 32.8 Å². The lowest BCUT2D eigenvalue weighted by Crippen LogP contribution is -2.53. The summed E-state index contributed by atoms with van der Waals surface area (Å²) >= 11 is 0. The fraction of sp³-hybridized carbons (Fsp3) is 0.900. The summed E-state index contributed by atoms with van der Waals surface area (Å²) in [5, 5.41) is 0. The molecule has 0 aromatic rings. The number of ether oxygens (including phenoxy) is 1. The molecule has 34 heavy (non-hydrogen) atoms. The minimum Gasteiger partial charge on any atom is -0.372 e. The van der Waals surface area contributed by atoms with E-state index >= 15 is 0 Å². The number of carbonyl (C=O) groups excluding carboxylic acids is 1. The number of nitrogens with zero attached hydrogens (tertiary/aromatic N) is 2. The number of methoxy groups -OCH3 is 1. The van der Waals surface area contributed by atoms with E-state index in [0.29, 0.717) is 16.9 Å². The van der Waals surface area contributed by atoms with Gasteiger partial charge in [0.05, 0.1) is 0 Å². The maximum atomic E-state index is 13.2. The molecule has 4 fully saturated rings. The minimum absolute atomic E-state index is 0.190. The molecule has 0 N–H and O–H groups in total. The molecule has 0 aromatic carbocycles. The Labute approximate surface area is 208 Å². The predicted molar refractivity (Wildman–Crippen MR) is 138 cm³/mol. The normalized spacial score (nSPS) is 44.5. The van der Waals surface area contributed by atoms with Crippen molar-refractivity contribution in [3.8, 4) is 0 Å². The van der Waals surface area contributed by atoms with E-state index in [4.69, 9.17) is 4.74 Å². The first-order valence-corrected chi connectivity index (χ1v) is 14.5. The van der Waals surface area contributed by atoms with Gasteiger partial charge in [-0.05, 0) is 106 Å². The molecular weight excluding hydrogens is 420 g/mol. The number of rotatable bonds is 6. The van der Waals surface area contributed by atoms with E-state index in [0.717, 1.165) is 61.8 Å². The van der Waals surface area contributed by atoms with Crippen molar-refractivity contribution in [1.82, 2.24) is 9.80 Å². The number of hydrogen-bond acceptors (Lipinski definition) is 3. The number of likely N-dealkylation sites (tertiary alicyclic amines) is 1. The summed E-state index contributed by atoms with van der Waals surface area (Å²) in [6, 6.07) is 1.10. The fourth-order valence-electron chi connectivity index (χ4n) is 9.91. The highest BCUT2D eigenvalue weighted by Crippen LogP contribution is 2.68. The third-order valence-corrected chi connectivity index (χ3v) is 12.0. The largest absolute Gasteiger partial charge is 0.372 e. The van der Waals surface area contributed by atoms with Crippen LogP contribution >= 0.6 is 0 Å². The van der Waals surface area contributed by atoms with E-state index in [9.17, 15) is 4.79 Å². The van der Waals surface area contributed by atoms with E-state index in [1.54, 1.807) is 12.7 Å². The molecule has 5 rings (SSSR count). The first-order chi connectivity index (χ1) is 16.3. The summed E-state index contributed by atoms with van der Waals surface area (Å²) < 4.78 is 5.60. The highest BCUT2D eigenvalue weighted by Gasteiger charge is 2.64. The van der Waals surface area contributed by atoms with Crippen LogP contribution in [-0.2, 0) is 9.53 Å². The molecule has 192 valence electrons. The maximum absolute atomic E-state index is 13.2. The Morgan fingerprint density at radius 1 is 1.21 bits per heavy atom. The van der Waals surface area contributed by atoms with Gasteiger partial charge in [0.15, 0.2) is 0 Å². The van der Waals surface area contributed by atoms with Crippen molar-refractivity contribution in [3.63, 3.8) is 0 Å². The fourth-order valence-corrected chi connectivity index (χ4v) is 9.91. The number of unbranched alkanes of at least 4 members (excludes halogenated alkanes) is 1. The number of allylic oxidation sites excluding steroid dienone is 1. The van der Waals surface area contributed by atoms with Gasteiger partial charge in [0, 0.05) is 32.8 Å². The van der Waals surface area contributed by atoms with Crippen molar-refractivity contribution in [2.45, 2.75) is 110 Å². The Morgan fingerprint density at radius 2 is 1.97 bits per heavy atom. The number of likely N-dealkylation sites (N-methyl/N-ethyl adjacent to an activating group) is 1. The minimum atomic E-state index is -0.278. The zero-order valence-corrected chi connectivity index (χ0v) is 22.8. The Morgan fingerprint density at radius 3 is 2.71 bits per heavy atom. The maximum Gasteiger partial charge on any atom is 0.251 e. The molecule has 4 nitrogen and oxygen atoms in total. The van der Waals surface area contributed by atoms with Gasteiger partial charge in [-0.1, -0.05) is 38.3 Å². The summed E-state index contributed by atoms with van der Waals surface area (Å²) in [6.45, 7) is 8.61. The third kappa shape index (κ3) is 3.64. The van der Waals surface area contributed by atoms with Gasteiger partial charge in [-0.3, -0.25) is 4.79 Å². The lowest BCUT2D eigenvalue weighted by Gasteiger charge is -2.58. The molecular formula is C30H50N2O2. The molecule has 1 heterocycles. The molecule has 9 atom stereocenters. The molecule has 4 aliphatic carbocycles. The molecule has 1 unspecified atom stereocenters. The first kappa shape index (κ1) is 24.8. The van der Waals surface area contributed by atoms with E-state index in [1.165, 1.54) is 45.1 Å². The number of amides is 1. The summed E-state index contributed by atoms with van der Waals surface area (Å²) in [4.78, 5) is 17.9. The third-order valence-electron chi connectivity index (χ3n) is 12.0. The summed E-state index contributed by atoms with van der Waals surface area (Å²) in [7, 11) is 6.09. The summed E-state index contributed by atoms with van der Waals surface area (Å²) in [6.07, 6.45) is 15.9. The van der Waals surface area contributed by atoms with Crippen LogP contribution in [0.1, 0.15) is 91.4 Å². The van der Waals surface area contributed by atoms with Crippen LogP contribution in [0.15, 0.2) is 11.6 Å². The number of fused-ring (bicyclic) bond motifs is 4. The van der Waals surface area contributed by atoms with Gasteiger partial charge in [0.2, 0.25) is 0 Å². The second-order valence-electron chi connectivity index (χ2n) is 13.1. The zero-order chi connectivity index (χ0) is 24.3. The molecule has 1 amide bonds. The Bertz CT molecular complexity index is 810. The zero-order valence-electron chi connectivity index (χ0n) is 22.8. The van der Waals surface area contributed by atoms with Crippen molar-refractivity contribution >= 4 is 5.91 Å². The van der Waals surface area contributed by atoms with Crippen LogP contribution in [0.5, 0.6) is 0 Å². The van der Waals surface area contributed by atoms with Crippen LogP contribution in [0.3, 0.4) is 0 Å². The number of hydrogen-bond donors (Lipinski definition) is 0. The average Bonchev–Trinajstić information content (AvgIpc) is 3.32. The van der Waals surface area contributed by atoms with Crippen LogP contribution in [0, 0.1) is 34.5 Å². The Hall–Kier alpha value is -0.870. The monoisotopic (exact) mass is 470 g/mol. The van der Waals surface area contributed by atoms with E-state index in [-0.39, 0.29) is 12.0 Å². The lowest BCUT2D eigenvalue weighted by molar-refractivity contribution is -0.144. The molecule has 1 aliphatic heterocycles. The molecule has 4 heteroatoms. The van der Waals surface area contributed by atoms with Crippen molar-refractivity contribution < 1.29 is 9.53 Å². The van der Waals surface area contributed by atoms with Crippen LogP contribution in [0.2, 0.25) is 0 Å². The van der Waals surface area contributed by atoms with Gasteiger partial charge in [0.25, 0.3) is 5.91 Å². The van der Waals surface area contributed by atoms with Gasteiger partial charge < -0.3 is 14.5 Å². The van der Waals surface area contributed by atoms with E-state index in [2.05, 4.69) is 38.8 Å². The lowest BCUT2D eigenvalue weighted by atomic mass is 9.47. The molecule has 1 saturated heterocycles. The van der Waals surface area contributed by atoms with E-state index in [1.807, 2.05) is 11.9 Å². The average molecular weight is 471 g/mol. The van der Waals surface area contributed by atoms with Crippen molar-refractivity contribution in [3.05, 3.63) is 11.6 Å². The highest BCUT2D eigenvalue weighted by molar-refractivity contribution is 5.81. The van der Waals surface area contributed by atoms with Gasteiger partial charge in [0.1, 0.15) is 6.10 Å².